The molecular formula is C13H11F3N2. The summed E-state index contributed by atoms with van der Waals surface area (Å²) in [5.41, 5.74) is 2.84. The van der Waals surface area contributed by atoms with Gasteiger partial charge in [-0.1, -0.05) is 48.6 Å². The Hall–Kier alpha value is -2.06. The molecule has 0 aliphatic rings. The first-order valence-electron chi connectivity index (χ1n) is 5.07. The molecular weight excluding hydrogens is 241 g/mol. The molecule has 0 saturated carbocycles. The first kappa shape index (κ1) is 14.0. The van der Waals surface area contributed by atoms with Crippen molar-refractivity contribution in [1.82, 2.24) is 0 Å². The third-order valence-electron chi connectivity index (χ3n) is 2.21. The molecule has 0 spiro atoms. The van der Waals surface area contributed by atoms with E-state index < -0.39 is 11.7 Å². The normalized spacial score (nSPS) is 15.7. The fourth-order valence-corrected chi connectivity index (χ4v) is 1.13. The summed E-state index contributed by atoms with van der Waals surface area (Å²) in [6.45, 7) is 0. The molecule has 1 unspecified atom stereocenters. The van der Waals surface area contributed by atoms with E-state index in [1.54, 1.807) is 18.2 Å². The third kappa shape index (κ3) is 3.47. The average molecular weight is 252 g/mol. The summed E-state index contributed by atoms with van der Waals surface area (Å²) < 4.78 is 37.3. The number of nitrogens with zero attached hydrogens (tertiary/aromatic N) is 1. The van der Waals surface area contributed by atoms with Crippen molar-refractivity contribution in [2.75, 3.05) is 0 Å². The molecule has 0 bridgehead atoms. The lowest BCUT2D eigenvalue weighted by atomic mass is 10.0. The molecule has 1 aromatic carbocycles. The second kappa shape index (κ2) is 5.52. The predicted molar refractivity (Wildman–Crippen MR) is 63.2 cm³/mol. The first-order valence-corrected chi connectivity index (χ1v) is 5.07. The van der Waals surface area contributed by atoms with Crippen molar-refractivity contribution < 1.29 is 13.2 Å². The van der Waals surface area contributed by atoms with Crippen LogP contribution in [0.3, 0.4) is 0 Å². The van der Waals surface area contributed by atoms with Gasteiger partial charge in [0.15, 0.2) is 0 Å². The monoisotopic (exact) mass is 252 g/mol. The van der Waals surface area contributed by atoms with Gasteiger partial charge in [0, 0.05) is 0 Å². The van der Waals surface area contributed by atoms with Crippen LogP contribution in [-0.4, -0.2) is 11.7 Å². The minimum absolute atomic E-state index is 0.631. The van der Waals surface area contributed by atoms with Gasteiger partial charge in [-0.3, -0.25) is 0 Å². The highest BCUT2D eigenvalue weighted by Gasteiger charge is 2.50. The molecule has 1 atom stereocenters. The molecule has 2 nitrogen and oxygen atoms in total. The maximum absolute atomic E-state index is 12.4. The van der Waals surface area contributed by atoms with Crippen LogP contribution in [0.25, 0.3) is 6.08 Å². The summed E-state index contributed by atoms with van der Waals surface area (Å²) in [5, 5.41) is 8.47. The topological polar surface area (TPSA) is 49.8 Å². The number of allylic oxidation sites excluding steroid dienone is 2. The molecule has 0 heterocycles. The zero-order valence-corrected chi connectivity index (χ0v) is 9.35. The number of alkyl halides is 3. The summed E-state index contributed by atoms with van der Waals surface area (Å²) in [6, 6.07) is 10.1. The molecule has 0 amide bonds. The number of nitrogens with two attached hydrogens (primary N) is 1. The van der Waals surface area contributed by atoms with E-state index in [1.807, 2.05) is 18.2 Å². The minimum atomic E-state index is -4.79. The number of nitriles is 1. The molecule has 0 aromatic heterocycles. The zero-order valence-electron chi connectivity index (χ0n) is 9.35. The van der Waals surface area contributed by atoms with Crippen molar-refractivity contribution >= 4 is 6.08 Å². The van der Waals surface area contributed by atoms with Gasteiger partial charge in [-0.25, -0.2) is 0 Å². The largest absolute Gasteiger partial charge is 0.423 e. The summed E-state index contributed by atoms with van der Waals surface area (Å²) in [4.78, 5) is 0. The summed E-state index contributed by atoms with van der Waals surface area (Å²) in [6.07, 6.45) is -0.0281. The Balaban J connectivity index is 2.77. The Labute approximate surface area is 103 Å². The van der Waals surface area contributed by atoms with Crippen LogP contribution in [-0.2, 0) is 0 Å². The predicted octanol–water partition coefficient (Wildman–Crippen LogP) is 3.04. The Morgan fingerprint density at radius 1 is 1.11 bits per heavy atom. The molecule has 0 radical (unpaired) electrons. The van der Waals surface area contributed by atoms with Crippen molar-refractivity contribution in [2.45, 2.75) is 11.7 Å². The molecule has 0 aliphatic heterocycles. The van der Waals surface area contributed by atoms with Crippen LogP contribution in [0.5, 0.6) is 0 Å². The van der Waals surface area contributed by atoms with Crippen molar-refractivity contribution in [3.8, 4) is 6.07 Å². The lowest BCUT2D eigenvalue weighted by molar-refractivity contribution is -0.156. The average Bonchev–Trinajstić information content (AvgIpc) is 2.34. The lowest BCUT2D eigenvalue weighted by Gasteiger charge is -2.20. The Kier molecular flexibility index (Phi) is 4.29. The van der Waals surface area contributed by atoms with Gasteiger partial charge in [-0.2, -0.15) is 18.4 Å². The Bertz CT molecular complexity index is 483. The van der Waals surface area contributed by atoms with Gasteiger partial charge in [0.05, 0.1) is 6.07 Å². The second-order valence-electron chi connectivity index (χ2n) is 3.61. The van der Waals surface area contributed by atoms with Crippen LogP contribution in [0.2, 0.25) is 0 Å². The Morgan fingerprint density at radius 2 is 1.72 bits per heavy atom. The molecule has 1 aromatic rings. The van der Waals surface area contributed by atoms with Crippen LogP contribution < -0.4 is 5.73 Å². The van der Waals surface area contributed by atoms with Crippen molar-refractivity contribution in [3.63, 3.8) is 0 Å². The van der Waals surface area contributed by atoms with Gasteiger partial charge < -0.3 is 5.73 Å². The standard InChI is InChI=1S/C13H11F3N2/c14-13(15,16)12(18,10-17)9-5-4-8-11-6-2-1-3-7-11/h1-9H,18H2/b8-4+,9-5+. The van der Waals surface area contributed by atoms with Gasteiger partial charge in [-0.05, 0) is 11.6 Å². The van der Waals surface area contributed by atoms with Gasteiger partial charge in [-0.15, -0.1) is 0 Å². The van der Waals surface area contributed by atoms with Crippen molar-refractivity contribution in [2.24, 2.45) is 5.73 Å². The molecule has 2 N–H and O–H groups in total. The summed E-state index contributed by atoms with van der Waals surface area (Å²) in [5.74, 6) is 0. The van der Waals surface area contributed by atoms with Gasteiger partial charge in [0.2, 0.25) is 5.54 Å². The number of rotatable bonds is 3. The lowest BCUT2D eigenvalue weighted by Crippen LogP contribution is -2.50. The quantitative estimate of drug-likeness (QED) is 0.840. The van der Waals surface area contributed by atoms with Crippen molar-refractivity contribution in [1.29, 1.82) is 5.26 Å². The first-order chi connectivity index (χ1) is 8.39. The maximum atomic E-state index is 12.4. The van der Waals surface area contributed by atoms with E-state index in [9.17, 15) is 13.2 Å². The van der Waals surface area contributed by atoms with Gasteiger partial charge in [0.25, 0.3) is 0 Å². The summed E-state index contributed by atoms with van der Waals surface area (Å²) in [7, 11) is 0. The van der Waals surface area contributed by atoms with Crippen LogP contribution in [0.4, 0.5) is 13.2 Å². The summed E-state index contributed by atoms with van der Waals surface area (Å²) >= 11 is 0. The SMILES string of the molecule is N#CC(N)(/C=C/C=C/c1ccccc1)C(F)(F)F. The molecule has 0 aliphatic carbocycles. The van der Waals surface area contributed by atoms with E-state index in [-0.39, 0.29) is 0 Å². The van der Waals surface area contributed by atoms with Crippen molar-refractivity contribution in [3.05, 3.63) is 54.1 Å². The fraction of sp³-hybridized carbons (Fsp3) is 0.154. The highest BCUT2D eigenvalue weighted by Crippen LogP contribution is 2.28. The van der Waals surface area contributed by atoms with E-state index in [0.717, 1.165) is 17.7 Å². The number of hydrogen-bond acceptors (Lipinski definition) is 2. The smallest absolute Gasteiger partial charge is 0.302 e. The molecule has 1 rings (SSSR count). The molecule has 5 heteroatoms. The van der Waals surface area contributed by atoms with E-state index in [4.69, 9.17) is 11.0 Å². The third-order valence-corrected chi connectivity index (χ3v) is 2.21. The zero-order chi connectivity index (χ0) is 13.6. The van der Waals surface area contributed by atoms with Gasteiger partial charge >= 0.3 is 6.18 Å². The maximum Gasteiger partial charge on any atom is 0.423 e. The van der Waals surface area contributed by atoms with E-state index in [2.05, 4.69) is 0 Å². The van der Waals surface area contributed by atoms with E-state index in [1.165, 1.54) is 6.08 Å². The van der Waals surface area contributed by atoms with Gasteiger partial charge in [0.1, 0.15) is 0 Å². The number of benzene rings is 1. The highest BCUT2D eigenvalue weighted by atomic mass is 19.4. The number of hydrogen-bond donors (Lipinski definition) is 1. The molecule has 0 saturated heterocycles. The minimum Gasteiger partial charge on any atom is -0.302 e. The van der Waals surface area contributed by atoms with E-state index >= 15 is 0 Å². The second-order valence-corrected chi connectivity index (χ2v) is 3.61. The van der Waals surface area contributed by atoms with Crippen LogP contribution in [0, 0.1) is 11.3 Å². The highest BCUT2D eigenvalue weighted by molar-refractivity contribution is 5.50. The van der Waals surface area contributed by atoms with E-state index in [0.29, 0.717) is 6.08 Å². The molecule has 0 fully saturated rings. The van der Waals surface area contributed by atoms with Crippen LogP contribution in [0.15, 0.2) is 48.6 Å². The van der Waals surface area contributed by atoms with Crippen LogP contribution >= 0.6 is 0 Å². The number of halogens is 3. The molecule has 18 heavy (non-hydrogen) atoms. The fourth-order valence-electron chi connectivity index (χ4n) is 1.13. The Morgan fingerprint density at radius 3 is 2.22 bits per heavy atom. The van der Waals surface area contributed by atoms with Crippen LogP contribution in [0.1, 0.15) is 5.56 Å². The molecule has 94 valence electrons.